The SMILES string of the molecule is Cc1ccc(C)c(CC(=O)N(Cc2ccc(Cl)c(Cl)c2)[C@H](C)C(=O)NC(C)C)c1. The van der Waals surface area contributed by atoms with Crippen molar-refractivity contribution in [2.75, 3.05) is 0 Å². The summed E-state index contributed by atoms with van der Waals surface area (Å²) in [5.41, 5.74) is 3.93. The van der Waals surface area contributed by atoms with Crippen LogP contribution in [0.15, 0.2) is 36.4 Å². The number of nitrogens with one attached hydrogen (secondary N) is 1. The number of carbonyl (C=O) groups excluding carboxylic acids is 2. The van der Waals surface area contributed by atoms with Crippen LogP contribution in [-0.4, -0.2) is 28.8 Å². The molecule has 2 aromatic carbocycles. The molecule has 0 bridgehead atoms. The van der Waals surface area contributed by atoms with Crippen LogP contribution in [-0.2, 0) is 22.6 Å². The van der Waals surface area contributed by atoms with Gasteiger partial charge in [0.2, 0.25) is 11.8 Å². The molecule has 4 nitrogen and oxygen atoms in total. The molecule has 0 unspecified atom stereocenters. The molecule has 29 heavy (non-hydrogen) atoms. The Kier molecular flexibility index (Phi) is 8.12. The summed E-state index contributed by atoms with van der Waals surface area (Å²) in [5.74, 6) is -0.300. The molecule has 0 aliphatic heterocycles. The zero-order valence-corrected chi connectivity index (χ0v) is 19.1. The van der Waals surface area contributed by atoms with Gasteiger partial charge in [0.05, 0.1) is 16.5 Å². The quantitative estimate of drug-likeness (QED) is 0.658. The third-order valence-electron chi connectivity index (χ3n) is 4.78. The molecule has 2 aromatic rings. The Morgan fingerprint density at radius 2 is 1.69 bits per heavy atom. The molecule has 1 atom stereocenters. The van der Waals surface area contributed by atoms with Gasteiger partial charge in [-0.1, -0.05) is 53.0 Å². The summed E-state index contributed by atoms with van der Waals surface area (Å²) in [5, 5.41) is 3.76. The Morgan fingerprint density at radius 1 is 1.00 bits per heavy atom. The second-order valence-electron chi connectivity index (χ2n) is 7.72. The number of rotatable bonds is 7. The fourth-order valence-electron chi connectivity index (χ4n) is 3.08. The highest BCUT2D eigenvalue weighted by atomic mass is 35.5. The molecule has 0 saturated heterocycles. The van der Waals surface area contributed by atoms with Crippen molar-refractivity contribution in [2.45, 2.75) is 59.7 Å². The van der Waals surface area contributed by atoms with E-state index in [-0.39, 0.29) is 30.8 Å². The first-order valence-corrected chi connectivity index (χ1v) is 10.4. The summed E-state index contributed by atoms with van der Waals surface area (Å²) in [7, 11) is 0. The molecule has 0 spiro atoms. The maximum absolute atomic E-state index is 13.3. The zero-order valence-electron chi connectivity index (χ0n) is 17.6. The van der Waals surface area contributed by atoms with Crippen LogP contribution in [0.4, 0.5) is 0 Å². The standard InChI is InChI=1S/C23H28Cl2N2O2/c1-14(2)26-23(29)17(5)27(13-18-8-9-20(24)21(25)11-18)22(28)12-19-10-15(3)6-7-16(19)4/h6-11,14,17H,12-13H2,1-5H3,(H,26,29)/t17-/m1/s1. The first-order valence-electron chi connectivity index (χ1n) is 9.68. The molecule has 0 aromatic heterocycles. The number of hydrogen-bond acceptors (Lipinski definition) is 2. The number of amides is 2. The van der Waals surface area contributed by atoms with E-state index in [4.69, 9.17) is 23.2 Å². The number of aryl methyl sites for hydroxylation is 2. The molecule has 2 rings (SSSR count). The maximum atomic E-state index is 13.3. The van der Waals surface area contributed by atoms with Gasteiger partial charge in [-0.2, -0.15) is 0 Å². The van der Waals surface area contributed by atoms with Crippen molar-refractivity contribution in [3.8, 4) is 0 Å². The van der Waals surface area contributed by atoms with Gasteiger partial charge in [-0.05, 0) is 63.4 Å². The molecule has 0 aliphatic carbocycles. The van der Waals surface area contributed by atoms with E-state index in [0.29, 0.717) is 10.0 Å². The van der Waals surface area contributed by atoms with Crippen LogP contribution in [0.2, 0.25) is 10.0 Å². The van der Waals surface area contributed by atoms with E-state index in [2.05, 4.69) is 5.32 Å². The molecule has 6 heteroatoms. The smallest absolute Gasteiger partial charge is 0.242 e. The van der Waals surface area contributed by atoms with E-state index >= 15 is 0 Å². The number of hydrogen-bond donors (Lipinski definition) is 1. The van der Waals surface area contributed by atoms with Crippen LogP contribution in [0.25, 0.3) is 0 Å². The average Bonchev–Trinajstić information content (AvgIpc) is 2.64. The molecule has 1 N–H and O–H groups in total. The van der Waals surface area contributed by atoms with Crippen molar-refractivity contribution in [3.63, 3.8) is 0 Å². The monoisotopic (exact) mass is 434 g/mol. The van der Waals surface area contributed by atoms with Gasteiger partial charge in [-0.25, -0.2) is 0 Å². The van der Waals surface area contributed by atoms with Gasteiger partial charge >= 0.3 is 0 Å². The van der Waals surface area contributed by atoms with Crippen molar-refractivity contribution in [3.05, 3.63) is 68.7 Å². The van der Waals surface area contributed by atoms with Gasteiger partial charge in [-0.3, -0.25) is 9.59 Å². The Morgan fingerprint density at radius 3 is 2.31 bits per heavy atom. The largest absolute Gasteiger partial charge is 0.352 e. The van der Waals surface area contributed by atoms with Crippen molar-refractivity contribution >= 4 is 35.0 Å². The van der Waals surface area contributed by atoms with Crippen LogP contribution in [0.3, 0.4) is 0 Å². The molecular formula is C23H28Cl2N2O2. The lowest BCUT2D eigenvalue weighted by atomic mass is 10.0. The van der Waals surface area contributed by atoms with Crippen molar-refractivity contribution in [2.24, 2.45) is 0 Å². The highest BCUT2D eigenvalue weighted by molar-refractivity contribution is 6.42. The minimum absolute atomic E-state index is 0.00843. The fraction of sp³-hybridized carbons (Fsp3) is 0.391. The van der Waals surface area contributed by atoms with Gasteiger partial charge < -0.3 is 10.2 Å². The predicted octanol–water partition coefficient (Wildman–Crippen LogP) is 5.09. The minimum Gasteiger partial charge on any atom is -0.352 e. The number of benzene rings is 2. The van der Waals surface area contributed by atoms with E-state index in [1.807, 2.05) is 52.0 Å². The van der Waals surface area contributed by atoms with Crippen LogP contribution in [0.1, 0.15) is 43.0 Å². The Hall–Kier alpha value is -2.04. The van der Waals surface area contributed by atoms with E-state index in [9.17, 15) is 9.59 Å². The number of carbonyl (C=O) groups is 2. The zero-order chi connectivity index (χ0) is 21.7. The second-order valence-corrected chi connectivity index (χ2v) is 8.53. The summed E-state index contributed by atoms with van der Waals surface area (Å²) in [6, 6.07) is 10.7. The summed E-state index contributed by atoms with van der Waals surface area (Å²) >= 11 is 12.2. The highest BCUT2D eigenvalue weighted by Crippen LogP contribution is 2.24. The van der Waals surface area contributed by atoms with Crippen LogP contribution in [0, 0.1) is 13.8 Å². The van der Waals surface area contributed by atoms with Crippen LogP contribution >= 0.6 is 23.2 Å². The van der Waals surface area contributed by atoms with Gasteiger partial charge in [0.25, 0.3) is 0 Å². The van der Waals surface area contributed by atoms with Crippen LogP contribution in [0.5, 0.6) is 0 Å². The third-order valence-corrected chi connectivity index (χ3v) is 5.52. The Balaban J connectivity index is 2.31. The Labute approximate surface area is 183 Å². The molecule has 156 valence electrons. The minimum atomic E-state index is -0.621. The highest BCUT2D eigenvalue weighted by Gasteiger charge is 2.27. The van der Waals surface area contributed by atoms with Gasteiger partial charge in [0.15, 0.2) is 0 Å². The summed E-state index contributed by atoms with van der Waals surface area (Å²) in [6.45, 7) is 9.79. The van der Waals surface area contributed by atoms with E-state index in [1.54, 1.807) is 24.0 Å². The van der Waals surface area contributed by atoms with Gasteiger partial charge in [0.1, 0.15) is 6.04 Å². The van der Waals surface area contributed by atoms with E-state index in [1.165, 1.54) is 0 Å². The Bertz CT molecular complexity index is 896. The lowest BCUT2D eigenvalue weighted by Crippen LogP contribution is -2.49. The molecule has 0 fully saturated rings. The third kappa shape index (κ3) is 6.48. The number of halogens is 2. The lowest BCUT2D eigenvalue weighted by Gasteiger charge is -2.30. The topological polar surface area (TPSA) is 49.4 Å². The molecule has 0 saturated carbocycles. The van der Waals surface area contributed by atoms with Crippen molar-refractivity contribution in [1.29, 1.82) is 0 Å². The first kappa shape index (κ1) is 23.2. The first-order chi connectivity index (χ1) is 13.6. The molecule has 0 aliphatic rings. The van der Waals surface area contributed by atoms with Gasteiger partial charge in [-0.15, -0.1) is 0 Å². The number of nitrogens with zero attached hydrogens (tertiary/aromatic N) is 1. The second kappa shape index (κ2) is 10.1. The summed E-state index contributed by atoms with van der Waals surface area (Å²) in [6.07, 6.45) is 0.230. The van der Waals surface area contributed by atoms with Crippen molar-refractivity contribution in [1.82, 2.24) is 10.2 Å². The molecular weight excluding hydrogens is 407 g/mol. The average molecular weight is 435 g/mol. The summed E-state index contributed by atoms with van der Waals surface area (Å²) in [4.78, 5) is 27.5. The van der Waals surface area contributed by atoms with E-state index < -0.39 is 6.04 Å². The lowest BCUT2D eigenvalue weighted by molar-refractivity contribution is -0.140. The predicted molar refractivity (Wildman–Crippen MR) is 119 cm³/mol. The maximum Gasteiger partial charge on any atom is 0.242 e. The summed E-state index contributed by atoms with van der Waals surface area (Å²) < 4.78 is 0. The molecule has 0 radical (unpaired) electrons. The van der Waals surface area contributed by atoms with E-state index in [0.717, 1.165) is 22.3 Å². The normalized spacial score (nSPS) is 12.0. The molecule has 0 heterocycles. The van der Waals surface area contributed by atoms with Gasteiger partial charge in [0, 0.05) is 12.6 Å². The molecule has 2 amide bonds. The fourth-order valence-corrected chi connectivity index (χ4v) is 3.40. The van der Waals surface area contributed by atoms with Crippen LogP contribution < -0.4 is 5.32 Å². The van der Waals surface area contributed by atoms with Crippen molar-refractivity contribution < 1.29 is 9.59 Å².